The normalized spacial score (nSPS) is 15.8. The number of likely N-dealkylation sites (tertiary alicyclic amines) is 1. The minimum absolute atomic E-state index is 0.0685. The van der Waals surface area contributed by atoms with E-state index in [-0.39, 0.29) is 24.1 Å². The predicted molar refractivity (Wildman–Crippen MR) is 144 cm³/mol. The number of carbonyl (C=O) groups is 1. The summed E-state index contributed by atoms with van der Waals surface area (Å²) in [7, 11) is 0. The molecule has 8 heteroatoms. The Morgan fingerprint density at radius 1 is 0.949 bits per heavy atom. The third-order valence-corrected chi connectivity index (χ3v) is 7.39. The average Bonchev–Trinajstić information content (AvgIpc) is 3.80. The Labute approximate surface area is 227 Å². The Kier molecular flexibility index (Phi) is 8.61. The van der Waals surface area contributed by atoms with Gasteiger partial charge in [-0.1, -0.05) is 48.5 Å². The second-order valence-corrected chi connectivity index (χ2v) is 10.2. The quantitative estimate of drug-likeness (QED) is 0.319. The van der Waals surface area contributed by atoms with Crippen LogP contribution in [0.3, 0.4) is 0 Å². The first-order valence-corrected chi connectivity index (χ1v) is 13.5. The summed E-state index contributed by atoms with van der Waals surface area (Å²) < 4.78 is 42.9. The molecule has 1 amide bonds. The number of para-hydroxylation sites is 1. The van der Waals surface area contributed by atoms with Crippen molar-refractivity contribution < 1.29 is 27.8 Å². The molecule has 0 spiro atoms. The van der Waals surface area contributed by atoms with Gasteiger partial charge in [0.2, 0.25) is 0 Å². The number of alkyl halides is 2. The summed E-state index contributed by atoms with van der Waals surface area (Å²) in [6, 6.07) is 20.5. The van der Waals surface area contributed by atoms with Crippen LogP contribution in [0, 0.1) is 5.92 Å². The van der Waals surface area contributed by atoms with Crippen molar-refractivity contribution in [2.45, 2.75) is 51.4 Å². The van der Waals surface area contributed by atoms with Gasteiger partial charge in [-0.3, -0.25) is 4.79 Å². The summed E-state index contributed by atoms with van der Waals surface area (Å²) >= 11 is 0. The summed E-state index contributed by atoms with van der Waals surface area (Å²) in [6.07, 6.45) is 3.56. The summed E-state index contributed by atoms with van der Waals surface area (Å²) in [5, 5.41) is 0. The Morgan fingerprint density at radius 3 is 2.41 bits per heavy atom. The largest absolute Gasteiger partial charge is 0.489 e. The van der Waals surface area contributed by atoms with Crippen molar-refractivity contribution in [3.63, 3.8) is 0 Å². The fourth-order valence-corrected chi connectivity index (χ4v) is 5.01. The molecule has 0 atom stereocenters. The summed E-state index contributed by atoms with van der Waals surface area (Å²) in [6.45, 7) is -0.711. The van der Waals surface area contributed by atoms with E-state index in [9.17, 15) is 13.6 Å². The monoisotopic (exact) mass is 536 g/mol. The molecular weight excluding hydrogens is 502 g/mol. The van der Waals surface area contributed by atoms with E-state index in [0.717, 1.165) is 29.5 Å². The third-order valence-electron chi connectivity index (χ3n) is 7.39. The van der Waals surface area contributed by atoms with Crippen LogP contribution in [0.15, 0.2) is 66.7 Å². The first-order valence-electron chi connectivity index (χ1n) is 13.5. The lowest BCUT2D eigenvalue weighted by atomic mass is 9.88. The number of amides is 1. The van der Waals surface area contributed by atoms with Crippen molar-refractivity contribution in [3.05, 3.63) is 89.0 Å². The molecule has 0 bridgehead atoms. The number of carbonyl (C=O) groups excluding carboxylic acids is 1. The van der Waals surface area contributed by atoms with E-state index in [2.05, 4.69) is 0 Å². The second kappa shape index (κ2) is 12.5. The number of halogens is 2. The van der Waals surface area contributed by atoms with Gasteiger partial charge < -0.3 is 24.8 Å². The minimum Gasteiger partial charge on any atom is -0.489 e. The third kappa shape index (κ3) is 6.87. The number of nitrogens with two attached hydrogens (primary N) is 1. The second-order valence-electron chi connectivity index (χ2n) is 10.2. The standard InChI is InChI=1S/C31H34F2N2O4/c32-31(33)39-28-8-4-7-26(29(28)38-20-22-9-10-22)23-13-15-35(16-14-23)30(36)27-17-25(12-11-24(27)18-34)37-19-21-5-2-1-3-6-21/h1-8,11-12,17,22-23,31H,9-10,13-16,18-20,34H2. The van der Waals surface area contributed by atoms with Crippen molar-refractivity contribution in [1.29, 1.82) is 0 Å². The molecule has 0 radical (unpaired) electrons. The van der Waals surface area contributed by atoms with Gasteiger partial charge in [-0.15, -0.1) is 0 Å². The van der Waals surface area contributed by atoms with E-state index >= 15 is 0 Å². The molecule has 0 unspecified atom stereocenters. The topological polar surface area (TPSA) is 74.0 Å². The highest BCUT2D eigenvalue weighted by molar-refractivity contribution is 5.96. The van der Waals surface area contributed by atoms with Crippen LogP contribution < -0.4 is 19.9 Å². The van der Waals surface area contributed by atoms with Gasteiger partial charge in [0.15, 0.2) is 11.5 Å². The van der Waals surface area contributed by atoms with Gasteiger partial charge in [0.25, 0.3) is 5.91 Å². The maximum Gasteiger partial charge on any atom is 0.387 e. The van der Waals surface area contributed by atoms with Crippen LogP contribution in [0.25, 0.3) is 0 Å². The van der Waals surface area contributed by atoms with Crippen LogP contribution in [0.1, 0.15) is 58.6 Å². The fourth-order valence-electron chi connectivity index (χ4n) is 5.01. The van der Waals surface area contributed by atoms with Crippen LogP contribution in [-0.4, -0.2) is 37.1 Å². The molecule has 1 heterocycles. The van der Waals surface area contributed by atoms with Gasteiger partial charge in [0.05, 0.1) is 6.61 Å². The van der Waals surface area contributed by atoms with Crippen LogP contribution in [-0.2, 0) is 13.2 Å². The average molecular weight is 537 g/mol. The van der Waals surface area contributed by atoms with Gasteiger partial charge in [-0.25, -0.2) is 0 Å². The minimum atomic E-state index is -2.92. The summed E-state index contributed by atoms with van der Waals surface area (Å²) in [5.41, 5.74) is 9.17. The van der Waals surface area contributed by atoms with Crippen molar-refractivity contribution in [2.75, 3.05) is 19.7 Å². The molecule has 6 nitrogen and oxygen atoms in total. The lowest BCUT2D eigenvalue weighted by molar-refractivity contribution is -0.0516. The predicted octanol–water partition coefficient (Wildman–Crippen LogP) is 6.13. The molecule has 39 heavy (non-hydrogen) atoms. The molecule has 0 aromatic heterocycles. The number of benzene rings is 3. The lowest BCUT2D eigenvalue weighted by Gasteiger charge is -2.33. The van der Waals surface area contributed by atoms with Gasteiger partial charge in [0.1, 0.15) is 12.4 Å². The molecule has 206 valence electrons. The van der Waals surface area contributed by atoms with Gasteiger partial charge in [-0.2, -0.15) is 8.78 Å². The SMILES string of the molecule is NCc1ccc(OCc2ccccc2)cc1C(=O)N1CCC(c2cccc(OC(F)F)c2OCC2CC2)CC1. The molecule has 3 aromatic rings. The zero-order valence-corrected chi connectivity index (χ0v) is 21.9. The number of nitrogens with zero attached hydrogens (tertiary/aromatic N) is 1. The van der Waals surface area contributed by atoms with Crippen LogP contribution >= 0.6 is 0 Å². The van der Waals surface area contributed by atoms with Gasteiger partial charge in [-0.05, 0) is 66.8 Å². The Morgan fingerprint density at radius 2 is 1.72 bits per heavy atom. The summed E-state index contributed by atoms with van der Waals surface area (Å²) in [5.74, 6) is 1.55. The molecule has 2 fully saturated rings. The molecule has 5 rings (SSSR count). The highest BCUT2D eigenvalue weighted by Crippen LogP contribution is 2.42. The number of piperidine rings is 1. The number of ether oxygens (including phenoxy) is 3. The van der Waals surface area contributed by atoms with Crippen molar-refractivity contribution in [3.8, 4) is 17.2 Å². The number of rotatable bonds is 11. The molecule has 1 aliphatic heterocycles. The molecule has 1 saturated heterocycles. The molecular formula is C31H34F2N2O4. The highest BCUT2D eigenvalue weighted by atomic mass is 19.3. The zero-order chi connectivity index (χ0) is 27.2. The van der Waals surface area contributed by atoms with Crippen LogP contribution in [0.4, 0.5) is 8.78 Å². The number of hydrogen-bond acceptors (Lipinski definition) is 5. The highest BCUT2D eigenvalue weighted by Gasteiger charge is 2.30. The number of hydrogen-bond donors (Lipinski definition) is 1. The van der Waals surface area contributed by atoms with E-state index < -0.39 is 6.61 Å². The fraction of sp³-hybridized carbons (Fsp3) is 0.387. The maximum absolute atomic E-state index is 13.6. The summed E-state index contributed by atoms with van der Waals surface area (Å²) in [4.78, 5) is 15.4. The first-order chi connectivity index (χ1) is 19.0. The molecule has 1 saturated carbocycles. The van der Waals surface area contributed by atoms with E-state index in [0.29, 0.717) is 62.1 Å². The maximum atomic E-state index is 13.6. The van der Waals surface area contributed by atoms with E-state index in [1.807, 2.05) is 53.4 Å². The Balaban J connectivity index is 1.27. The molecule has 2 N–H and O–H groups in total. The molecule has 3 aromatic carbocycles. The molecule has 2 aliphatic rings. The van der Waals surface area contributed by atoms with Crippen LogP contribution in [0.5, 0.6) is 17.2 Å². The smallest absolute Gasteiger partial charge is 0.387 e. The van der Waals surface area contributed by atoms with E-state index in [1.54, 1.807) is 12.1 Å². The van der Waals surface area contributed by atoms with Crippen molar-refractivity contribution in [2.24, 2.45) is 11.7 Å². The van der Waals surface area contributed by atoms with Crippen molar-refractivity contribution in [1.82, 2.24) is 4.90 Å². The van der Waals surface area contributed by atoms with E-state index in [1.165, 1.54) is 6.07 Å². The van der Waals surface area contributed by atoms with Gasteiger partial charge in [0, 0.05) is 30.8 Å². The lowest BCUT2D eigenvalue weighted by Crippen LogP contribution is -2.38. The zero-order valence-electron chi connectivity index (χ0n) is 21.9. The Hall–Kier alpha value is -3.65. The van der Waals surface area contributed by atoms with Gasteiger partial charge >= 0.3 is 6.61 Å². The first kappa shape index (κ1) is 26.9. The van der Waals surface area contributed by atoms with E-state index in [4.69, 9.17) is 19.9 Å². The van der Waals surface area contributed by atoms with Crippen LogP contribution in [0.2, 0.25) is 0 Å². The van der Waals surface area contributed by atoms with Crippen molar-refractivity contribution >= 4 is 5.91 Å². The molecule has 1 aliphatic carbocycles. The Bertz CT molecular complexity index is 1260.